The Balaban J connectivity index is 1.91. The minimum absolute atomic E-state index is 0.0879. The number of carboxylic acids is 1. The predicted octanol–water partition coefficient (Wildman–Crippen LogP) is 2.34. The molecule has 7 heteroatoms. The summed E-state index contributed by atoms with van der Waals surface area (Å²) in [7, 11) is 1.79. The second-order valence-electron chi connectivity index (χ2n) is 4.30. The minimum Gasteiger partial charge on any atom is -0.492 e. The van der Waals surface area contributed by atoms with Gasteiger partial charge in [-0.3, -0.25) is 4.98 Å². The van der Waals surface area contributed by atoms with E-state index in [1.54, 1.807) is 24.1 Å². The molecule has 0 saturated heterocycles. The van der Waals surface area contributed by atoms with Crippen molar-refractivity contribution < 1.29 is 14.6 Å². The van der Waals surface area contributed by atoms with Crippen LogP contribution in [0.4, 0.5) is 5.82 Å². The molecule has 2 aromatic rings. The summed E-state index contributed by atoms with van der Waals surface area (Å²) in [5, 5.41) is 9.50. The molecule has 0 atom stereocenters. The third-order valence-electron chi connectivity index (χ3n) is 2.72. The van der Waals surface area contributed by atoms with E-state index >= 15 is 0 Å². The van der Waals surface area contributed by atoms with Crippen LogP contribution in [0.3, 0.4) is 0 Å². The highest BCUT2D eigenvalue weighted by atomic mass is 35.5. The molecule has 1 heterocycles. The lowest BCUT2D eigenvalue weighted by atomic mass is 10.3. The number of likely N-dealkylation sites (N-methyl/N-ethyl adjacent to an activating group) is 1. The van der Waals surface area contributed by atoms with Gasteiger partial charge in [-0.2, -0.15) is 0 Å². The van der Waals surface area contributed by atoms with Crippen molar-refractivity contribution in [1.82, 2.24) is 9.97 Å². The molecule has 0 aliphatic heterocycles. The molecule has 0 aliphatic rings. The van der Waals surface area contributed by atoms with Crippen LogP contribution < -0.4 is 9.64 Å². The fourth-order valence-electron chi connectivity index (χ4n) is 1.61. The molecule has 1 aromatic carbocycles. The molecular formula is C14H14ClN3O3. The fraction of sp³-hybridized carbons (Fsp3) is 0.214. The first-order valence-electron chi connectivity index (χ1n) is 6.21. The van der Waals surface area contributed by atoms with Gasteiger partial charge in [-0.1, -0.05) is 17.7 Å². The van der Waals surface area contributed by atoms with Gasteiger partial charge in [0.1, 0.15) is 18.2 Å². The summed E-state index contributed by atoms with van der Waals surface area (Å²) in [6, 6.07) is 7.12. The van der Waals surface area contributed by atoms with Crippen LogP contribution in [0.1, 0.15) is 10.5 Å². The quantitative estimate of drug-likeness (QED) is 0.883. The zero-order chi connectivity index (χ0) is 15.2. The number of anilines is 1. The molecular weight excluding hydrogens is 294 g/mol. The van der Waals surface area contributed by atoms with Crippen LogP contribution in [0.5, 0.6) is 5.75 Å². The van der Waals surface area contributed by atoms with Gasteiger partial charge in [-0.25, -0.2) is 9.78 Å². The maximum Gasteiger partial charge on any atom is 0.356 e. The number of nitrogens with zero attached hydrogens (tertiary/aromatic N) is 3. The Labute approximate surface area is 127 Å². The second kappa shape index (κ2) is 6.90. The van der Waals surface area contributed by atoms with E-state index in [9.17, 15) is 4.79 Å². The van der Waals surface area contributed by atoms with Crippen LogP contribution in [-0.4, -0.2) is 41.2 Å². The molecule has 0 aliphatic carbocycles. The average molecular weight is 308 g/mol. The maximum atomic E-state index is 10.8. The first kappa shape index (κ1) is 15.1. The summed E-state index contributed by atoms with van der Waals surface area (Å²) in [6.45, 7) is 0.945. The van der Waals surface area contributed by atoms with E-state index in [0.29, 0.717) is 29.7 Å². The van der Waals surface area contributed by atoms with Crippen LogP contribution in [-0.2, 0) is 0 Å². The number of benzene rings is 1. The Hall–Kier alpha value is -2.34. The normalized spacial score (nSPS) is 10.2. The first-order chi connectivity index (χ1) is 10.1. The van der Waals surface area contributed by atoms with Gasteiger partial charge in [-0.15, -0.1) is 0 Å². The van der Waals surface area contributed by atoms with E-state index in [0.717, 1.165) is 0 Å². The molecule has 0 bridgehead atoms. The monoisotopic (exact) mass is 307 g/mol. The average Bonchev–Trinajstić information content (AvgIpc) is 2.47. The predicted molar refractivity (Wildman–Crippen MR) is 79.2 cm³/mol. The van der Waals surface area contributed by atoms with E-state index in [2.05, 4.69) is 9.97 Å². The number of halogens is 1. The smallest absolute Gasteiger partial charge is 0.356 e. The van der Waals surface area contributed by atoms with Crippen molar-refractivity contribution in [2.75, 3.05) is 25.1 Å². The van der Waals surface area contributed by atoms with Gasteiger partial charge in [0.15, 0.2) is 5.69 Å². The van der Waals surface area contributed by atoms with Gasteiger partial charge in [0.05, 0.1) is 18.9 Å². The summed E-state index contributed by atoms with van der Waals surface area (Å²) < 4.78 is 5.57. The van der Waals surface area contributed by atoms with E-state index in [1.807, 2.05) is 12.1 Å². The van der Waals surface area contributed by atoms with Crippen LogP contribution in [0, 0.1) is 0 Å². The Morgan fingerprint density at radius 2 is 2.24 bits per heavy atom. The lowest BCUT2D eigenvalue weighted by molar-refractivity contribution is 0.0690. The van der Waals surface area contributed by atoms with Crippen molar-refractivity contribution in [2.24, 2.45) is 0 Å². The highest BCUT2D eigenvalue weighted by molar-refractivity contribution is 6.30. The molecule has 21 heavy (non-hydrogen) atoms. The topological polar surface area (TPSA) is 75.5 Å². The van der Waals surface area contributed by atoms with Crippen LogP contribution >= 0.6 is 11.6 Å². The highest BCUT2D eigenvalue weighted by Gasteiger charge is 2.09. The summed E-state index contributed by atoms with van der Waals surface area (Å²) in [5.41, 5.74) is -0.0879. The first-order valence-corrected chi connectivity index (χ1v) is 6.59. The van der Waals surface area contributed by atoms with Crippen molar-refractivity contribution in [3.05, 3.63) is 47.4 Å². The molecule has 0 spiro atoms. The van der Waals surface area contributed by atoms with Crippen LogP contribution in [0.2, 0.25) is 5.02 Å². The van der Waals surface area contributed by atoms with Gasteiger partial charge < -0.3 is 14.7 Å². The van der Waals surface area contributed by atoms with Crippen molar-refractivity contribution in [2.45, 2.75) is 0 Å². The van der Waals surface area contributed by atoms with E-state index < -0.39 is 5.97 Å². The third-order valence-corrected chi connectivity index (χ3v) is 2.96. The molecule has 0 amide bonds. The number of aromatic nitrogens is 2. The molecule has 0 radical (unpaired) electrons. The number of carboxylic acid groups (broad SMARTS) is 1. The molecule has 0 unspecified atom stereocenters. The molecule has 2 rings (SSSR count). The molecule has 6 nitrogen and oxygen atoms in total. The van der Waals surface area contributed by atoms with Crippen molar-refractivity contribution >= 4 is 23.4 Å². The van der Waals surface area contributed by atoms with Gasteiger partial charge in [0.2, 0.25) is 0 Å². The van der Waals surface area contributed by atoms with Gasteiger partial charge in [0.25, 0.3) is 0 Å². The number of hydrogen-bond acceptors (Lipinski definition) is 5. The summed E-state index contributed by atoms with van der Waals surface area (Å²) in [5.74, 6) is 0.0544. The number of carbonyl (C=O) groups is 1. The second-order valence-corrected chi connectivity index (χ2v) is 4.73. The molecule has 0 fully saturated rings. The molecule has 1 N–H and O–H groups in total. The lowest BCUT2D eigenvalue weighted by Gasteiger charge is -2.18. The molecule has 1 aromatic heterocycles. The van der Waals surface area contributed by atoms with Crippen molar-refractivity contribution in [3.8, 4) is 5.75 Å². The summed E-state index contributed by atoms with van der Waals surface area (Å²) in [6.07, 6.45) is 2.72. The molecule has 110 valence electrons. The Morgan fingerprint density at radius 1 is 1.43 bits per heavy atom. The number of hydrogen-bond donors (Lipinski definition) is 1. The zero-order valence-corrected chi connectivity index (χ0v) is 12.1. The van der Waals surface area contributed by atoms with Crippen LogP contribution in [0.25, 0.3) is 0 Å². The van der Waals surface area contributed by atoms with Crippen molar-refractivity contribution in [3.63, 3.8) is 0 Å². The Morgan fingerprint density at radius 3 is 2.95 bits per heavy atom. The highest BCUT2D eigenvalue weighted by Crippen LogP contribution is 2.17. The third kappa shape index (κ3) is 4.32. The standard InChI is InChI=1S/C14H14ClN3O3/c1-18(13-9-16-8-12(17-13)14(19)20)5-6-21-11-4-2-3-10(15)7-11/h2-4,7-9H,5-6H2,1H3,(H,19,20). The maximum absolute atomic E-state index is 10.8. The zero-order valence-electron chi connectivity index (χ0n) is 11.4. The minimum atomic E-state index is -1.10. The molecule has 0 saturated carbocycles. The SMILES string of the molecule is CN(CCOc1cccc(Cl)c1)c1cncc(C(=O)O)n1. The van der Waals surface area contributed by atoms with E-state index in [4.69, 9.17) is 21.4 Å². The Bertz CT molecular complexity index is 636. The summed E-state index contributed by atoms with van der Waals surface area (Å²) >= 11 is 5.86. The van der Waals surface area contributed by atoms with E-state index in [-0.39, 0.29) is 5.69 Å². The number of aromatic carboxylic acids is 1. The van der Waals surface area contributed by atoms with Crippen LogP contribution in [0.15, 0.2) is 36.7 Å². The largest absolute Gasteiger partial charge is 0.492 e. The fourth-order valence-corrected chi connectivity index (χ4v) is 1.79. The van der Waals surface area contributed by atoms with Crippen molar-refractivity contribution in [1.29, 1.82) is 0 Å². The van der Waals surface area contributed by atoms with Gasteiger partial charge >= 0.3 is 5.97 Å². The Kier molecular flexibility index (Phi) is 4.94. The number of rotatable bonds is 6. The lowest BCUT2D eigenvalue weighted by Crippen LogP contribution is -2.25. The summed E-state index contributed by atoms with van der Waals surface area (Å²) in [4.78, 5) is 20.5. The van der Waals surface area contributed by atoms with Gasteiger partial charge in [0, 0.05) is 12.1 Å². The van der Waals surface area contributed by atoms with E-state index in [1.165, 1.54) is 12.4 Å². The van der Waals surface area contributed by atoms with Gasteiger partial charge in [-0.05, 0) is 18.2 Å². The number of ether oxygens (including phenoxy) is 1.